The fourth-order valence-corrected chi connectivity index (χ4v) is 1.35. The van der Waals surface area contributed by atoms with E-state index in [1.807, 2.05) is 6.07 Å². The molecule has 0 atom stereocenters. The summed E-state index contributed by atoms with van der Waals surface area (Å²) in [4.78, 5) is 28.6. The number of nitrogens with zero attached hydrogens (tertiary/aromatic N) is 5. The number of nitro groups is 1. The van der Waals surface area contributed by atoms with Crippen LogP contribution in [-0.2, 0) is 17.9 Å². The first-order chi connectivity index (χ1) is 9.15. The molecule has 0 radical (unpaired) electrons. The fourth-order valence-electron chi connectivity index (χ4n) is 1.35. The molecule has 2 aromatic rings. The second kappa shape index (κ2) is 5.67. The van der Waals surface area contributed by atoms with E-state index in [1.165, 1.54) is 0 Å². The van der Waals surface area contributed by atoms with E-state index in [2.05, 4.69) is 20.4 Å². The van der Waals surface area contributed by atoms with Gasteiger partial charge < -0.3 is 15.4 Å². The molecule has 0 aromatic carbocycles. The summed E-state index contributed by atoms with van der Waals surface area (Å²) in [5, 5.41) is 16.6. The Kier molecular flexibility index (Phi) is 3.76. The van der Waals surface area contributed by atoms with Crippen molar-refractivity contribution in [1.82, 2.24) is 25.1 Å². The van der Waals surface area contributed by atoms with Crippen molar-refractivity contribution in [2.75, 3.05) is 0 Å². The Balaban J connectivity index is 1.85. The van der Waals surface area contributed by atoms with E-state index < -0.39 is 10.9 Å². The first kappa shape index (κ1) is 12.6. The number of rotatable bonds is 5. The standard InChI is InChI=1S/C10H10N6O3/c17-9(12-5-8-2-1-3-11-4-8)6-15-7-13-10(14-15)16(18)19/h1-4,7H,5-6H2,(H,12,17). The van der Waals surface area contributed by atoms with E-state index in [9.17, 15) is 14.9 Å². The van der Waals surface area contributed by atoms with Gasteiger partial charge in [0.15, 0.2) is 0 Å². The number of aromatic nitrogens is 4. The van der Waals surface area contributed by atoms with E-state index in [4.69, 9.17) is 0 Å². The number of carbonyl (C=O) groups is 1. The van der Waals surface area contributed by atoms with Gasteiger partial charge in [0, 0.05) is 24.0 Å². The molecule has 0 spiro atoms. The number of hydrogen-bond donors (Lipinski definition) is 1. The number of amides is 1. The van der Waals surface area contributed by atoms with E-state index in [0.29, 0.717) is 6.54 Å². The maximum Gasteiger partial charge on any atom is 0.490 e. The summed E-state index contributed by atoms with van der Waals surface area (Å²) in [7, 11) is 0. The van der Waals surface area contributed by atoms with Crippen LogP contribution < -0.4 is 5.32 Å². The topological polar surface area (TPSA) is 116 Å². The average Bonchev–Trinajstić information content (AvgIpc) is 2.86. The van der Waals surface area contributed by atoms with Crippen molar-refractivity contribution in [3.05, 3.63) is 46.5 Å². The third kappa shape index (κ3) is 3.56. The number of hydrogen-bond acceptors (Lipinski definition) is 6. The molecule has 2 aromatic heterocycles. The molecule has 2 rings (SSSR count). The largest absolute Gasteiger partial charge is 0.490 e. The molecule has 9 heteroatoms. The van der Waals surface area contributed by atoms with Gasteiger partial charge in [-0.15, -0.1) is 0 Å². The monoisotopic (exact) mass is 262 g/mol. The van der Waals surface area contributed by atoms with Crippen LogP contribution in [0.25, 0.3) is 0 Å². The Hall–Kier alpha value is -2.84. The Morgan fingerprint density at radius 2 is 2.37 bits per heavy atom. The van der Waals surface area contributed by atoms with Crippen LogP contribution >= 0.6 is 0 Å². The van der Waals surface area contributed by atoms with Gasteiger partial charge in [-0.3, -0.25) is 9.78 Å². The Bertz CT molecular complexity index is 582. The predicted molar refractivity (Wildman–Crippen MR) is 62.8 cm³/mol. The molecule has 0 bridgehead atoms. The minimum Gasteiger partial charge on any atom is -0.390 e. The van der Waals surface area contributed by atoms with Crippen LogP contribution in [0.15, 0.2) is 30.9 Å². The second-order valence-corrected chi connectivity index (χ2v) is 3.64. The molecule has 0 aliphatic rings. The van der Waals surface area contributed by atoms with Crippen molar-refractivity contribution < 1.29 is 9.72 Å². The molecule has 0 saturated carbocycles. The predicted octanol–water partition coefficient (Wildman–Crippen LogP) is -0.102. The Labute approximate surface area is 107 Å². The summed E-state index contributed by atoms with van der Waals surface area (Å²) >= 11 is 0. The van der Waals surface area contributed by atoms with Crippen molar-refractivity contribution in [1.29, 1.82) is 0 Å². The minimum atomic E-state index is -0.718. The SMILES string of the molecule is O=C(Cn1cnc([N+](=O)[O-])n1)NCc1cccnc1. The molecule has 9 nitrogen and oxygen atoms in total. The van der Waals surface area contributed by atoms with E-state index in [1.54, 1.807) is 18.5 Å². The molecule has 98 valence electrons. The summed E-state index contributed by atoms with van der Waals surface area (Å²) in [6, 6.07) is 3.59. The molecule has 0 saturated heterocycles. The van der Waals surface area contributed by atoms with Gasteiger partial charge in [0.1, 0.15) is 6.54 Å². The molecule has 0 fully saturated rings. The van der Waals surface area contributed by atoms with Crippen LogP contribution in [0.3, 0.4) is 0 Å². The number of carbonyl (C=O) groups excluding carboxylic acids is 1. The minimum absolute atomic E-state index is 0.124. The van der Waals surface area contributed by atoms with Crippen LogP contribution in [0.2, 0.25) is 0 Å². The normalized spacial score (nSPS) is 10.1. The van der Waals surface area contributed by atoms with Crippen LogP contribution in [-0.4, -0.2) is 30.6 Å². The third-order valence-corrected chi connectivity index (χ3v) is 2.21. The molecule has 0 aliphatic heterocycles. The lowest BCUT2D eigenvalue weighted by atomic mass is 10.3. The van der Waals surface area contributed by atoms with Crippen molar-refractivity contribution >= 4 is 11.9 Å². The van der Waals surface area contributed by atoms with Gasteiger partial charge in [0.25, 0.3) is 0 Å². The van der Waals surface area contributed by atoms with Crippen molar-refractivity contribution in [3.8, 4) is 0 Å². The molecule has 1 amide bonds. The van der Waals surface area contributed by atoms with Crippen LogP contribution in [0, 0.1) is 10.1 Å². The summed E-state index contributed by atoms with van der Waals surface area (Å²) in [5.74, 6) is -0.844. The number of nitrogens with one attached hydrogen (secondary N) is 1. The lowest BCUT2D eigenvalue weighted by Crippen LogP contribution is -2.27. The highest BCUT2D eigenvalue weighted by Gasteiger charge is 2.14. The zero-order chi connectivity index (χ0) is 13.7. The van der Waals surface area contributed by atoms with Crippen LogP contribution in [0.1, 0.15) is 5.56 Å². The fraction of sp³-hybridized carbons (Fsp3) is 0.200. The van der Waals surface area contributed by atoms with Gasteiger partial charge in [-0.05, 0) is 16.6 Å². The second-order valence-electron chi connectivity index (χ2n) is 3.64. The first-order valence-electron chi connectivity index (χ1n) is 5.34. The molecule has 19 heavy (non-hydrogen) atoms. The Morgan fingerprint density at radius 1 is 1.53 bits per heavy atom. The smallest absolute Gasteiger partial charge is 0.390 e. The van der Waals surface area contributed by atoms with E-state index in [-0.39, 0.29) is 12.5 Å². The van der Waals surface area contributed by atoms with Crippen LogP contribution in [0.5, 0.6) is 0 Å². The molecule has 1 N–H and O–H groups in total. The first-order valence-corrected chi connectivity index (χ1v) is 5.34. The zero-order valence-electron chi connectivity index (χ0n) is 9.76. The van der Waals surface area contributed by atoms with E-state index >= 15 is 0 Å². The van der Waals surface area contributed by atoms with E-state index in [0.717, 1.165) is 16.6 Å². The van der Waals surface area contributed by atoms with Crippen molar-refractivity contribution in [2.24, 2.45) is 0 Å². The maximum absolute atomic E-state index is 11.6. The Morgan fingerprint density at radius 3 is 3.00 bits per heavy atom. The molecule has 0 unspecified atom stereocenters. The number of pyridine rings is 1. The van der Waals surface area contributed by atoms with Gasteiger partial charge in [-0.25, -0.2) is 0 Å². The highest BCUT2D eigenvalue weighted by atomic mass is 16.6. The molecule has 2 heterocycles. The van der Waals surface area contributed by atoms with Crippen LogP contribution in [0.4, 0.5) is 5.95 Å². The quantitative estimate of drug-likeness (QED) is 0.594. The molecule has 0 aliphatic carbocycles. The van der Waals surface area contributed by atoms with Gasteiger partial charge in [-0.2, -0.15) is 4.68 Å². The molecular weight excluding hydrogens is 252 g/mol. The van der Waals surface area contributed by atoms with Crippen molar-refractivity contribution in [3.63, 3.8) is 0 Å². The summed E-state index contributed by atoms with van der Waals surface area (Å²) in [5.41, 5.74) is 0.862. The lowest BCUT2D eigenvalue weighted by Gasteiger charge is -2.03. The van der Waals surface area contributed by atoms with Gasteiger partial charge in [-0.1, -0.05) is 11.1 Å². The van der Waals surface area contributed by atoms with Gasteiger partial charge >= 0.3 is 5.95 Å². The lowest BCUT2D eigenvalue weighted by molar-refractivity contribution is -0.394. The summed E-state index contributed by atoms with van der Waals surface area (Å²) < 4.78 is 1.11. The average molecular weight is 262 g/mol. The zero-order valence-corrected chi connectivity index (χ0v) is 9.76. The highest BCUT2D eigenvalue weighted by Crippen LogP contribution is 1.99. The van der Waals surface area contributed by atoms with Gasteiger partial charge in [0.2, 0.25) is 12.2 Å². The van der Waals surface area contributed by atoms with Gasteiger partial charge in [0.05, 0.1) is 0 Å². The summed E-state index contributed by atoms with van der Waals surface area (Å²) in [6.45, 7) is 0.213. The molecular formula is C10H10N6O3. The highest BCUT2D eigenvalue weighted by molar-refractivity contribution is 5.75. The third-order valence-electron chi connectivity index (χ3n) is 2.21. The maximum atomic E-state index is 11.6. The summed E-state index contributed by atoms with van der Waals surface area (Å²) in [6.07, 6.45) is 4.42. The van der Waals surface area contributed by atoms with Crippen molar-refractivity contribution in [2.45, 2.75) is 13.1 Å².